The quantitative estimate of drug-likeness (QED) is 0.522. The van der Waals surface area contributed by atoms with Crippen LogP contribution in [0.4, 0.5) is 0 Å². The molecule has 0 radical (unpaired) electrons. The minimum atomic E-state index is -0.890. The lowest BCUT2D eigenvalue weighted by Crippen LogP contribution is -2.38. The molecule has 3 aromatic rings. The number of benzene rings is 3. The lowest BCUT2D eigenvalue weighted by Gasteiger charge is -2.22. The summed E-state index contributed by atoms with van der Waals surface area (Å²) < 4.78 is 10.5. The van der Waals surface area contributed by atoms with E-state index in [0.29, 0.717) is 6.42 Å². The topological polar surface area (TPSA) is 64.6 Å². The van der Waals surface area contributed by atoms with Crippen LogP contribution < -0.4 is 10.1 Å². The van der Waals surface area contributed by atoms with Gasteiger partial charge in [-0.05, 0) is 42.2 Å². The van der Waals surface area contributed by atoms with Crippen molar-refractivity contribution >= 4 is 11.9 Å². The van der Waals surface area contributed by atoms with Gasteiger partial charge >= 0.3 is 5.97 Å². The monoisotopic (exact) mass is 417 g/mol. The summed E-state index contributed by atoms with van der Waals surface area (Å²) in [5.41, 5.74) is 2.92. The Labute approximate surface area is 183 Å². The van der Waals surface area contributed by atoms with E-state index in [1.807, 2.05) is 84.9 Å². The Bertz CT molecular complexity index is 932. The molecule has 3 aromatic carbocycles. The van der Waals surface area contributed by atoms with E-state index >= 15 is 0 Å². The van der Waals surface area contributed by atoms with Crippen LogP contribution in [0.5, 0.6) is 5.75 Å². The Morgan fingerprint density at radius 2 is 1.39 bits per heavy atom. The summed E-state index contributed by atoms with van der Waals surface area (Å²) in [5, 5.41) is 3.01. The number of hydrogen-bond donors (Lipinski definition) is 1. The molecule has 160 valence electrons. The summed E-state index contributed by atoms with van der Waals surface area (Å²) >= 11 is 0. The van der Waals surface area contributed by atoms with E-state index in [1.165, 1.54) is 0 Å². The van der Waals surface area contributed by atoms with Gasteiger partial charge < -0.3 is 14.8 Å². The number of nitrogens with one attached hydrogen (secondary N) is 1. The van der Waals surface area contributed by atoms with Gasteiger partial charge in [-0.2, -0.15) is 0 Å². The first-order valence-corrected chi connectivity index (χ1v) is 10.3. The van der Waals surface area contributed by atoms with E-state index < -0.39 is 12.1 Å². The summed E-state index contributed by atoms with van der Waals surface area (Å²) in [6, 6.07) is 26.6. The van der Waals surface area contributed by atoms with Crippen LogP contribution in [-0.4, -0.2) is 25.1 Å². The Morgan fingerprint density at radius 3 is 1.90 bits per heavy atom. The zero-order valence-corrected chi connectivity index (χ0v) is 17.8. The second-order valence-electron chi connectivity index (χ2n) is 7.24. The summed E-state index contributed by atoms with van der Waals surface area (Å²) in [7, 11) is 1.61. The number of amides is 1. The predicted octanol–water partition coefficient (Wildman–Crippen LogP) is 4.47. The highest BCUT2D eigenvalue weighted by Gasteiger charge is 2.23. The minimum absolute atomic E-state index is 0.199. The maximum Gasteiger partial charge on any atom is 0.306 e. The number of methoxy groups -OCH3 is 1. The third-order valence-corrected chi connectivity index (χ3v) is 5.01. The molecule has 0 saturated carbocycles. The van der Waals surface area contributed by atoms with Gasteiger partial charge in [0.15, 0.2) is 6.10 Å². The molecule has 0 saturated heterocycles. The van der Waals surface area contributed by atoms with Crippen molar-refractivity contribution in [2.24, 2.45) is 0 Å². The molecule has 0 aliphatic carbocycles. The van der Waals surface area contributed by atoms with E-state index in [9.17, 15) is 9.59 Å². The molecule has 5 heteroatoms. The van der Waals surface area contributed by atoms with Gasteiger partial charge in [0.05, 0.1) is 13.2 Å². The summed E-state index contributed by atoms with van der Waals surface area (Å²) in [6.45, 7) is 1.59. The number of aryl methyl sites for hydroxylation is 1. The highest BCUT2D eigenvalue weighted by molar-refractivity contribution is 5.84. The van der Waals surface area contributed by atoms with Crippen LogP contribution in [0, 0.1) is 0 Å². The van der Waals surface area contributed by atoms with Crippen LogP contribution in [0.3, 0.4) is 0 Å². The van der Waals surface area contributed by atoms with E-state index in [-0.39, 0.29) is 18.4 Å². The highest BCUT2D eigenvalue weighted by Crippen LogP contribution is 2.22. The molecule has 0 unspecified atom stereocenters. The number of hydrogen-bond acceptors (Lipinski definition) is 4. The molecule has 0 bridgehead atoms. The summed E-state index contributed by atoms with van der Waals surface area (Å²) in [6.07, 6.45) is -0.156. The first-order valence-electron chi connectivity index (χ1n) is 10.3. The summed E-state index contributed by atoms with van der Waals surface area (Å²) in [4.78, 5) is 25.0. The molecule has 1 N–H and O–H groups in total. The highest BCUT2D eigenvalue weighted by atomic mass is 16.5. The molecule has 5 nitrogen and oxygen atoms in total. The molecule has 1 atom stereocenters. The van der Waals surface area contributed by atoms with Crippen molar-refractivity contribution < 1.29 is 19.1 Å². The molecule has 0 aliphatic rings. The zero-order valence-electron chi connectivity index (χ0n) is 17.8. The fraction of sp³-hybridized carbons (Fsp3) is 0.231. The van der Waals surface area contributed by atoms with Crippen molar-refractivity contribution in [3.8, 4) is 5.75 Å². The molecule has 0 heterocycles. The number of carbonyl (C=O) groups excluding carboxylic acids is 2. The maximum absolute atomic E-state index is 12.8. The predicted molar refractivity (Wildman–Crippen MR) is 120 cm³/mol. The number of esters is 1. The van der Waals surface area contributed by atoms with Crippen LogP contribution in [0.2, 0.25) is 0 Å². The van der Waals surface area contributed by atoms with Gasteiger partial charge in [0.2, 0.25) is 0 Å². The Balaban J connectivity index is 1.58. The lowest BCUT2D eigenvalue weighted by molar-refractivity contribution is -0.154. The van der Waals surface area contributed by atoms with Crippen LogP contribution in [-0.2, 0) is 20.7 Å². The average Bonchev–Trinajstić information content (AvgIpc) is 2.82. The van der Waals surface area contributed by atoms with Crippen LogP contribution in [0.15, 0.2) is 84.9 Å². The van der Waals surface area contributed by atoms with Crippen molar-refractivity contribution in [2.75, 3.05) is 7.11 Å². The molecular weight excluding hydrogens is 390 g/mol. The second-order valence-corrected chi connectivity index (χ2v) is 7.24. The first-order chi connectivity index (χ1) is 15.1. The van der Waals surface area contributed by atoms with E-state index in [4.69, 9.17) is 9.47 Å². The standard InChI is InChI=1S/C26H27NO4/c1-19(31-24(28)18-15-20-13-16-23(30-2)17-14-20)26(29)27-25(21-9-5-3-6-10-21)22-11-7-4-8-12-22/h3-14,16-17,19,25H,15,18H2,1-2H3,(H,27,29)/t19-/m0/s1. The zero-order chi connectivity index (χ0) is 22.1. The molecule has 0 fully saturated rings. The Morgan fingerprint density at radius 1 is 0.839 bits per heavy atom. The molecule has 0 aliphatic heterocycles. The lowest BCUT2D eigenvalue weighted by atomic mass is 9.98. The van der Waals surface area contributed by atoms with Crippen molar-refractivity contribution in [1.82, 2.24) is 5.32 Å². The largest absolute Gasteiger partial charge is 0.497 e. The SMILES string of the molecule is COc1ccc(CCC(=O)O[C@@H](C)C(=O)NC(c2ccccc2)c2ccccc2)cc1. The molecule has 1 amide bonds. The van der Waals surface area contributed by atoms with Crippen molar-refractivity contribution in [3.63, 3.8) is 0 Å². The van der Waals surface area contributed by atoms with E-state index in [0.717, 1.165) is 22.4 Å². The van der Waals surface area contributed by atoms with E-state index in [1.54, 1.807) is 14.0 Å². The molecule has 3 rings (SSSR count). The number of ether oxygens (including phenoxy) is 2. The van der Waals surface area contributed by atoms with Crippen molar-refractivity contribution in [2.45, 2.75) is 31.9 Å². The van der Waals surface area contributed by atoms with Gasteiger partial charge in [-0.15, -0.1) is 0 Å². The van der Waals surface area contributed by atoms with Crippen LogP contribution in [0.1, 0.15) is 36.1 Å². The average molecular weight is 418 g/mol. The molecular formula is C26H27NO4. The van der Waals surface area contributed by atoms with Gasteiger partial charge in [0.1, 0.15) is 5.75 Å². The van der Waals surface area contributed by atoms with Crippen LogP contribution >= 0.6 is 0 Å². The Hall–Kier alpha value is -3.60. The summed E-state index contributed by atoms with van der Waals surface area (Å²) in [5.74, 6) is 0.0213. The normalized spacial score (nSPS) is 11.6. The second kappa shape index (κ2) is 11.0. The van der Waals surface area contributed by atoms with Crippen molar-refractivity contribution in [3.05, 3.63) is 102 Å². The van der Waals surface area contributed by atoms with Gasteiger partial charge in [-0.25, -0.2) is 0 Å². The smallest absolute Gasteiger partial charge is 0.306 e. The third kappa shape index (κ3) is 6.44. The van der Waals surface area contributed by atoms with Gasteiger partial charge in [0.25, 0.3) is 5.91 Å². The fourth-order valence-corrected chi connectivity index (χ4v) is 3.26. The van der Waals surface area contributed by atoms with Crippen LogP contribution in [0.25, 0.3) is 0 Å². The number of carbonyl (C=O) groups is 2. The molecule has 31 heavy (non-hydrogen) atoms. The van der Waals surface area contributed by atoms with Gasteiger partial charge in [-0.3, -0.25) is 9.59 Å². The van der Waals surface area contributed by atoms with Crippen molar-refractivity contribution in [1.29, 1.82) is 0 Å². The maximum atomic E-state index is 12.8. The van der Waals surface area contributed by atoms with E-state index in [2.05, 4.69) is 5.32 Å². The molecule has 0 aromatic heterocycles. The fourth-order valence-electron chi connectivity index (χ4n) is 3.26. The van der Waals surface area contributed by atoms with Gasteiger partial charge in [0, 0.05) is 6.42 Å². The number of rotatable bonds is 9. The molecule has 0 spiro atoms. The first kappa shape index (κ1) is 22.1. The Kier molecular flexibility index (Phi) is 7.82. The van der Waals surface area contributed by atoms with Gasteiger partial charge in [-0.1, -0.05) is 72.8 Å². The third-order valence-electron chi connectivity index (χ3n) is 5.01. The minimum Gasteiger partial charge on any atom is -0.497 e.